The van der Waals surface area contributed by atoms with Crippen molar-refractivity contribution >= 4 is 17.9 Å². The number of unbranched alkanes of at least 4 members (excludes halogenated alkanes) is 20. The summed E-state index contributed by atoms with van der Waals surface area (Å²) in [6, 6.07) is 0. The summed E-state index contributed by atoms with van der Waals surface area (Å²) < 4.78 is 16.8. The van der Waals surface area contributed by atoms with Gasteiger partial charge in [0.15, 0.2) is 6.10 Å². The molecule has 0 saturated carbocycles. The van der Waals surface area contributed by atoms with Crippen LogP contribution in [0.25, 0.3) is 0 Å². The Morgan fingerprint density at radius 1 is 0.284 bits per heavy atom. The molecule has 0 amide bonds. The van der Waals surface area contributed by atoms with Gasteiger partial charge in [0.2, 0.25) is 0 Å². The van der Waals surface area contributed by atoms with E-state index in [2.05, 4.69) is 142 Å². The summed E-state index contributed by atoms with van der Waals surface area (Å²) in [6.07, 6.45) is 86.0. The summed E-state index contributed by atoms with van der Waals surface area (Å²) in [5, 5.41) is 0. The first-order valence-corrected chi connectivity index (χ1v) is 30.2. The van der Waals surface area contributed by atoms with Crippen LogP contribution in [0.3, 0.4) is 0 Å². The SMILES string of the molecule is CC/C=C\C/C=C\C/C=C\C/C=C\C/C=C\C/C=C\CCC(=O)OC(COC(=O)CCCCCCC/C=C\CCCCCCCCC)COC(=O)CCCCCCCCCC/C=C\C/C=C\C/C=C\C/C=C\CC. The van der Waals surface area contributed by atoms with Crippen LogP contribution in [-0.4, -0.2) is 37.2 Å². The molecule has 0 saturated heterocycles. The maximum absolute atomic E-state index is 12.9. The normalized spacial score (nSPS) is 13.1. The molecule has 0 aliphatic rings. The quantitative estimate of drug-likeness (QED) is 0.0261. The maximum Gasteiger partial charge on any atom is 0.306 e. The molecule has 1 unspecified atom stereocenters. The van der Waals surface area contributed by atoms with Crippen molar-refractivity contribution in [2.24, 2.45) is 0 Å². The van der Waals surface area contributed by atoms with Crippen LogP contribution >= 0.6 is 0 Å². The number of hydrogen-bond donors (Lipinski definition) is 0. The van der Waals surface area contributed by atoms with E-state index in [0.717, 1.165) is 122 Å². The summed E-state index contributed by atoms with van der Waals surface area (Å²) in [4.78, 5) is 38.2. The third kappa shape index (κ3) is 58.4. The van der Waals surface area contributed by atoms with Crippen LogP contribution in [0.15, 0.2) is 134 Å². The van der Waals surface area contributed by atoms with Gasteiger partial charge in [0.05, 0.1) is 0 Å². The first-order chi connectivity index (χ1) is 36.5. The van der Waals surface area contributed by atoms with Gasteiger partial charge in [-0.25, -0.2) is 0 Å². The number of ether oxygens (including phenoxy) is 3. The molecule has 0 aromatic heterocycles. The summed E-state index contributed by atoms with van der Waals surface area (Å²) in [7, 11) is 0. The lowest BCUT2D eigenvalue weighted by molar-refractivity contribution is -0.166. The van der Waals surface area contributed by atoms with E-state index in [0.29, 0.717) is 19.3 Å². The topological polar surface area (TPSA) is 78.9 Å². The molecule has 0 aliphatic carbocycles. The average molecular weight is 1020 g/mol. The van der Waals surface area contributed by atoms with Crippen molar-refractivity contribution in [3.8, 4) is 0 Å². The minimum atomic E-state index is -0.831. The largest absolute Gasteiger partial charge is 0.462 e. The zero-order valence-electron chi connectivity index (χ0n) is 47.8. The van der Waals surface area contributed by atoms with Crippen molar-refractivity contribution in [3.63, 3.8) is 0 Å². The van der Waals surface area contributed by atoms with E-state index in [9.17, 15) is 14.4 Å². The van der Waals surface area contributed by atoms with E-state index < -0.39 is 12.1 Å². The zero-order chi connectivity index (χ0) is 53.6. The van der Waals surface area contributed by atoms with Gasteiger partial charge in [-0.1, -0.05) is 251 Å². The van der Waals surface area contributed by atoms with Gasteiger partial charge >= 0.3 is 17.9 Å². The molecule has 0 aliphatic heterocycles. The lowest BCUT2D eigenvalue weighted by atomic mass is 10.1. The van der Waals surface area contributed by atoms with E-state index in [1.807, 2.05) is 12.2 Å². The van der Waals surface area contributed by atoms with Crippen LogP contribution in [-0.2, 0) is 28.6 Å². The Hall–Kier alpha value is -4.45. The molecule has 0 spiro atoms. The molecule has 0 bridgehead atoms. The highest BCUT2D eigenvalue weighted by Gasteiger charge is 2.19. The van der Waals surface area contributed by atoms with Gasteiger partial charge in [-0.2, -0.15) is 0 Å². The second-order valence-corrected chi connectivity index (χ2v) is 19.5. The molecule has 0 fully saturated rings. The first-order valence-electron chi connectivity index (χ1n) is 30.2. The van der Waals surface area contributed by atoms with Gasteiger partial charge in [0.1, 0.15) is 13.2 Å². The summed E-state index contributed by atoms with van der Waals surface area (Å²) >= 11 is 0. The minimum absolute atomic E-state index is 0.119. The molecular weight excluding hydrogens is 913 g/mol. The molecule has 1 atom stereocenters. The Bertz CT molecular complexity index is 1600. The van der Waals surface area contributed by atoms with Crippen LogP contribution < -0.4 is 0 Å². The molecule has 6 nitrogen and oxygen atoms in total. The van der Waals surface area contributed by atoms with Gasteiger partial charge in [-0.3, -0.25) is 14.4 Å². The fraction of sp³-hybridized carbons (Fsp3) is 0.632. The maximum atomic E-state index is 12.9. The van der Waals surface area contributed by atoms with Crippen LogP contribution in [0, 0.1) is 0 Å². The van der Waals surface area contributed by atoms with E-state index >= 15 is 0 Å². The molecule has 0 rings (SSSR count). The van der Waals surface area contributed by atoms with E-state index in [-0.39, 0.29) is 31.6 Å². The highest BCUT2D eigenvalue weighted by atomic mass is 16.6. The highest BCUT2D eigenvalue weighted by Crippen LogP contribution is 2.14. The Balaban J connectivity index is 4.53. The van der Waals surface area contributed by atoms with Crippen molar-refractivity contribution < 1.29 is 28.6 Å². The Kier molecular flexibility index (Phi) is 57.4. The minimum Gasteiger partial charge on any atom is -0.462 e. The van der Waals surface area contributed by atoms with Crippen molar-refractivity contribution in [1.82, 2.24) is 0 Å². The van der Waals surface area contributed by atoms with Crippen LogP contribution in [0.1, 0.15) is 258 Å². The standard InChI is InChI=1S/C68H110O6/c1-4-7-10-13-16-19-22-25-28-31-33-34-36-37-40-43-46-49-52-55-58-61-67(70)73-64-65(63-72-66(69)60-57-54-51-48-45-42-39-30-27-24-21-18-15-12-9-6-3)74-68(71)62-59-56-53-50-47-44-41-38-35-32-29-26-23-20-17-14-11-8-5-2/h7-8,10-11,16-17,19-20,25-26,28-30,33-35,38-39,44,47,53,56,65H,4-6,9,12-15,18,21-24,27,31-32,36-37,40-43,45-46,48-52,54-55,57-64H2,1-3H3/b10-7-,11-8-,19-16-,20-17-,28-25-,29-26-,34-33-,38-35-,39-30-,47-44-,56-53-. The van der Waals surface area contributed by atoms with Crippen LogP contribution in [0.2, 0.25) is 0 Å². The molecule has 0 aromatic carbocycles. The van der Waals surface area contributed by atoms with Gasteiger partial charge in [-0.05, 0) is 122 Å². The predicted molar refractivity (Wildman–Crippen MR) is 320 cm³/mol. The van der Waals surface area contributed by atoms with Gasteiger partial charge in [-0.15, -0.1) is 0 Å². The Morgan fingerprint density at radius 3 is 0.892 bits per heavy atom. The number of esters is 3. The molecule has 6 heteroatoms. The fourth-order valence-corrected chi connectivity index (χ4v) is 7.92. The molecule has 0 radical (unpaired) electrons. The molecule has 418 valence electrons. The predicted octanol–water partition coefficient (Wildman–Crippen LogP) is 20.6. The summed E-state index contributed by atoms with van der Waals surface area (Å²) in [5.41, 5.74) is 0. The molecule has 0 heterocycles. The van der Waals surface area contributed by atoms with Crippen molar-refractivity contribution in [2.45, 2.75) is 264 Å². The molecule has 0 N–H and O–H groups in total. The van der Waals surface area contributed by atoms with Crippen molar-refractivity contribution in [2.75, 3.05) is 13.2 Å². The number of carbonyl (C=O) groups excluding carboxylic acids is 3. The van der Waals surface area contributed by atoms with Crippen molar-refractivity contribution in [3.05, 3.63) is 134 Å². The van der Waals surface area contributed by atoms with Gasteiger partial charge in [0, 0.05) is 19.3 Å². The number of allylic oxidation sites excluding steroid dienone is 22. The number of rotatable bonds is 53. The second-order valence-electron chi connectivity index (χ2n) is 19.5. The summed E-state index contributed by atoms with van der Waals surface area (Å²) in [5.74, 6) is -1.02. The van der Waals surface area contributed by atoms with Gasteiger partial charge < -0.3 is 14.2 Å². The zero-order valence-corrected chi connectivity index (χ0v) is 47.8. The summed E-state index contributed by atoms with van der Waals surface area (Å²) in [6.45, 7) is 6.34. The first kappa shape index (κ1) is 69.5. The average Bonchev–Trinajstić information content (AvgIpc) is 3.40. The van der Waals surface area contributed by atoms with E-state index in [1.165, 1.54) is 89.9 Å². The molecule has 74 heavy (non-hydrogen) atoms. The monoisotopic (exact) mass is 1020 g/mol. The number of carbonyl (C=O) groups is 3. The lowest BCUT2D eigenvalue weighted by Crippen LogP contribution is -2.30. The third-order valence-electron chi connectivity index (χ3n) is 12.4. The molecule has 0 aromatic rings. The van der Waals surface area contributed by atoms with Gasteiger partial charge in [0.25, 0.3) is 0 Å². The smallest absolute Gasteiger partial charge is 0.306 e. The Morgan fingerprint density at radius 2 is 0.554 bits per heavy atom. The third-order valence-corrected chi connectivity index (χ3v) is 12.4. The second kappa shape index (κ2) is 61.1. The van der Waals surface area contributed by atoms with E-state index in [1.54, 1.807) is 0 Å². The highest BCUT2D eigenvalue weighted by molar-refractivity contribution is 5.71. The Labute approximate surface area is 455 Å². The lowest BCUT2D eigenvalue weighted by Gasteiger charge is -2.18. The van der Waals surface area contributed by atoms with Crippen molar-refractivity contribution in [1.29, 1.82) is 0 Å². The van der Waals surface area contributed by atoms with E-state index in [4.69, 9.17) is 14.2 Å². The van der Waals surface area contributed by atoms with Crippen LogP contribution in [0.4, 0.5) is 0 Å². The van der Waals surface area contributed by atoms with Crippen LogP contribution in [0.5, 0.6) is 0 Å². The molecular formula is C68H110O6. The fourth-order valence-electron chi connectivity index (χ4n) is 7.92. The number of hydrogen-bond acceptors (Lipinski definition) is 6.